The predicted octanol–water partition coefficient (Wildman–Crippen LogP) is 2.79. The van der Waals surface area contributed by atoms with Crippen LogP contribution < -0.4 is 0 Å². The number of nitriles is 1. The van der Waals surface area contributed by atoms with Crippen LogP contribution in [-0.4, -0.2) is 14.8 Å². The van der Waals surface area contributed by atoms with Gasteiger partial charge in [-0.2, -0.15) is 10.4 Å². The molecule has 1 aromatic heterocycles. The molecule has 3 rings (SSSR count). The third-order valence-corrected chi connectivity index (χ3v) is 3.66. The Labute approximate surface area is 112 Å². The van der Waals surface area contributed by atoms with Crippen molar-refractivity contribution in [3.05, 3.63) is 35.7 Å². The van der Waals surface area contributed by atoms with Crippen molar-refractivity contribution in [2.45, 2.75) is 33.2 Å². The van der Waals surface area contributed by atoms with Crippen LogP contribution in [0.3, 0.4) is 0 Å². The van der Waals surface area contributed by atoms with E-state index in [1.807, 2.05) is 16.8 Å². The molecule has 19 heavy (non-hydrogen) atoms. The van der Waals surface area contributed by atoms with E-state index in [-0.39, 0.29) is 0 Å². The second kappa shape index (κ2) is 4.20. The first kappa shape index (κ1) is 11.9. The molecule has 1 aliphatic rings. The lowest BCUT2D eigenvalue weighted by Gasteiger charge is -2.28. The van der Waals surface area contributed by atoms with Gasteiger partial charge in [0.05, 0.1) is 11.6 Å². The van der Waals surface area contributed by atoms with Crippen LogP contribution in [0.1, 0.15) is 31.7 Å². The predicted molar refractivity (Wildman–Crippen MR) is 72.3 cm³/mol. The highest BCUT2D eigenvalue weighted by Crippen LogP contribution is 2.31. The number of nitrogens with zero attached hydrogens (tertiary/aromatic N) is 4. The fourth-order valence-corrected chi connectivity index (χ4v) is 2.43. The minimum atomic E-state index is 0.310. The molecule has 96 valence electrons. The zero-order valence-electron chi connectivity index (χ0n) is 11.2. The van der Waals surface area contributed by atoms with Crippen LogP contribution in [0.4, 0.5) is 0 Å². The highest BCUT2D eigenvalue weighted by Gasteiger charge is 2.27. The zero-order chi connectivity index (χ0) is 13.5. The molecule has 1 aromatic carbocycles. The lowest BCUT2D eigenvalue weighted by Crippen LogP contribution is -2.26. The van der Waals surface area contributed by atoms with Gasteiger partial charge in [-0.05, 0) is 36.1 Å². The van der Waals surface area contributed by atoms with E-state index in [0.29, 0.717) is 11.0 Å². The summed E-state index contributed by atoms with van der Waals surface area (Å²) in [6.07, 6.45) is 2.10. The van der Waals surface area contributed by atoms with Gasteiger partial charge in [0.25, 0.3) is 0 Å². The van der Waals surface area contributed by atoms with Crippen molar-refractivity contribution in [3.8, 4) is 17.5 Å². The van der Waals surface area contributed by atoms with Crippen LogP contribution in [0.15, 0.2) is 24.3 Å². The molecular weight excluding hydrogens is 236 g/mol. The quantitative estimate of drug-likeness (QED) is 0.784. The van der Waals surface area contributed by atoms with Gasteiger partial charge >= 0.3 is 0 Å². The van der Waals surface area contributed by atoms with Gasteiger partial charge in [0.15, 0.2) is 5.82 Å². The Morgan fingerprint density at radius 1 is 1.26 bits per heavy atom. The number of hydrogen-bond donors (Lipinski definition) is 0. The fourth-order valence-electron chi connectivity index (χ4n) is 2.43. The first-order valence-electron chi connectivity index (χ1n) is 6.52. The maximum absolute atomic E-state index is 8.80. The second-order valence-electron chi connectivity index (χ2n) is 5.85. The summed E-state index contributed by atoms with van der Waals surface area (Å²) < 4.78 is 2.01. The van der Waals surface area contributed by atoms with Crippen molar-refractivity contribution in [2.24, 2.45) is 5.41 Å². The van der Waals surface area contributed by atoms with E-state index in [1.54, 1.807) is 12.1 Å². The summed E-state index contributed by atoms with van der Waals surface area (Å²) in [6, 6.07) is 9.54. The molecule has 4 nitrogen and oxygen atoms in total. The standard InChI is InChI=1S/C15H16N4/c1-15(2)7-8-19-13(9-15)17-14(18-19)12-5-3-11(10-16)4-6-12/h3-6H,7-9H2,1-2H3. The smallest absolute Gasteiger partial charge is 0.181 e. The van der Waals surface area contributed by atoms with Gasteiger partial charge < -0.3 is 0 Å². The molecule has 0 radical (unpaired) electrons. The van der Waals surface area contributed by atoms with Crippen molar-refractivity contribution < 1.29 is 0 Å². The molecule has 0 amide bonds. The summed E-state index contributed by atoms with van der Waals surface area (Å²) in [6.45, 7) is 5.48. The molecule has 0 saturated carbocycles. The summed E-state index contributed by atoms with van der Waals surface area (Å²) in [7, 11) is 0. The summed E-state index contributed by atoms with van der Waals surface area (Å²) in [4.78, 5) is 4.64. The molecule has 0 atom stereocenters. The lowest BCUT2D eigenvalue weighted by atomic mass is 9.83. The van der Waals surface area contributed by atoms with Crippen LogP contribution in [0.25, 0.3) is 11.4 Å². The van der Waals surface area contributed by atoms with Crippen LogP contribution in [0, 0.1) is 16.7 Å². The van der Waals surface area contributed by atoms with Gasteiger partial charge in [-0.25, -0.2) is 9.67 Å². The molecule has 2 aromatic rings. The van der Waals surface area contributed by atoms with Crippen molar-refractivity contribution in [1.82, 2.24) is 14.8 Å². The van der Waals surface area contributed by atoms with Gasteiger partial charge in [0.2, 0.25) is 0 Å². The largest absolute Gasteiger partial charge is 0.249 e. The van der Waals surface area contributed by atoms with E-state index in [9.17, 15) is 0 Å². The Morgan fingerprint density at radius 3 is 2.68 bits per heavy atom. The molecule has 2 heterocycles. The molecule has 0 spiro atoms. The molecule has 0 saturated heterocycles. The van der Waals surface area contributed by atoms with Crippen LogP contribution >= 0.6 is 0 Å². The SMILES string of the molecule is CC1(C)CCn2nc(-c3ccc(C#N)cc3)nc2C1. The number of aromatic nitrogens is 3. The maximum Gasteiger partial charge on any atom is 0.181 e. The minimum Gasteiger partial charge on any atom is -0.249 e. The van der Waals surface area contributed by atoms with E-state index in [0.717, 1.165) is 36.6 Å². The number of benzene rings is 1. The van der Waals surface area contributed by atoms with Gasteiger partial charge in [0, 0.05) is 18.5 Å². The van der Waals surface area contributed by atoms with Crippen molar-refractivity contribution in [2.75, 3.05) is 0 Å². The average Bonchev–Trinajstić information content (AvgIpc) is 2.80. The van der Waals surface area contributed by atoms with Gasteiger partial charge in [0.1, 0.15) is 5.82 Å². The monoisotopic (exact) mass is 252 g/mol. The molecule has 1 aliphatic heterocycles. The number of aryl methyl sites for hydroxylation is 1. The number of fused-ring (bicyclic) bond motifs is 1. The molecule has 0 unspecified atom stereocenters. The van der Waals surface area contributed by atoms with Crippen LogP contribution in [0.5, 0.6) is 0 Å². The van der Waals surface area contributed by atoms with Gasteiger partial charge in [-0.15, -0.1) is 0 Å². The number of rotatable bonds is 1. The summed E-state index contributed by atoms with van der Waals surface area (Å²) in [5.41, 5.74) is 1.94. The Bertz CT molecular complexity index is 644. The summed E-state index contributed by atoms with van der Waals surface area (Å²) in [5.74, 6) is 1.83. The van der Waals surface area contributed by atoms with E-state index in [4.69, 9.17) is 5.26 Å². The summed E-state index contributed by atoms with van der Waals surface area (Å²) >= 11 is 0. The van der Waals surface area contributed by atoms with Crippen LogP contribution in [0.2, 0.25) is 0 Å². The van der Waals surface area contributed by atoms with Crippen LogP contribution in [-0.2, 0) is 13.0 Å². The second-order valence-corrected chi connectivity index (χ2v) is 5.85. The third kappa shape index (κ3) is 2.24. The van der Waals surface area contributed by atoms with Gasteiger partial charge in [-0.3, -0.25) is 0 Å². The van der Waals surface area contributed by atoms with Crippen molar-refractivity contribution >= 4 is 0 Å². The lowest BCUT2D eigenvalue weighted by molar-refractivity contribution is 0.256. The minimum absolute atomic E-state index is 0.310. The molecule has 0 N–H and O–H groups in total. The zero-order valence-corrected chi connectivity index (χ0v) is 11.2. The average molecular weight is 252 g/mol. The highest BCUT2D eigenvalue weighted by atomic mass is 15.4. The van der Waals surface area contributed by atoms with E-state index >= 15 is 0 Å². The molecular formula is C15H16N4. The fraction of sp³-hybridized carbons (Fsp3) is 0.400. The normalized spacial score (nSPS) is 16.7. The van der Waals surface area contributed by atoms with Crippen molar-refractivity contribution in [3.63, 3.8) is 0 Å². The molecule has 0 bridgehead atoms. The van der Waals surface area contributed by atoms with E-state index in [1.165, 1.54) is 0 Å². The summed E-state index contributed by atoms with van der Waals surface area (Å²) in [5, 5.41) is 13.4. The van der Waals surface area contributed by atoms with Crippen molar-refractivity contribution in [1.29, 1.82) is 5.26 Å². The number of hydrogen-bond acceptors (Lipinski definition) is 3. The molecule has 4 heteroatoms. The Morgan fingerprint density at radius 2 is 2.00 bits per heavy atom. The Hall–Kier alpha value is -2.15. The Balaban J connectivity index is 1.95. The topological polar surface area (TPSA) is 54.5 Å². The molecule has 0 fully saturated rings. The van der Waals surface area contributed by atoms with Gasteiger partial charge in [-0.1, -0.05) is 13.8 Å². The first-order chi connectivity index (χ1) is 9.07. The van der Waals surface area contributed by atoms with E-state index in [2.05, 4.69) is 30.0 Å². The maximum atomic E-state index is 8.80. The highest BCUT2D eigenvalue weighted by molar-refractivity contribution is 5.56. The first-order valence-corrected chi connectivity index (χ1v) is 6.52. The van der Waals surface area contributed by atoms with E-state index < -0.39 is 0 Å². The molecule has 0 aliphatic carbocycles. The Kier molecular flexibility index (Phi) is 2.63. The third-order valence-electron chi connectivity index (χ3n) is 3.66.